The number of fused-ring (bicyclic) bond motifs is 2. The lowest BCUT2D eigenvalue weighted by Gasteiger charge is -2.08. The zero-order chi connectivity index (χ0) is 18.4. The van der Waals surface area contributed by atoms with E-state index in [1.165, 1.54) is 6.33 Å². The molecule has 2 aromatic carbocycles. The van der Waals surface area contributed by atoms with E-state index in [2.05, 4.69) is 49.1 Å². The van der Waals surface area contributed by atoms with E-state index in [4.69, 9.17) is 17.3 Å². The molecule has 0 spiro atoms. The van der Waals surface area contributed by atoms with Gasteiger partial charge >= 0.3 is 0 Å². The fraction of sp³-hybridized carbons (Fsp3) is 0.0500. The van der Waals surface area contributed by atoms with E-state index in [1.54, 1.807) is 0 Å². The van der Waals surface area contributed by atoms with Gasteiger partial charge in [0.05, 0.1) is 11.1 Å². The maximum atomic E-state index is 6.31. The Morgan fingerprint density at radius 1 is 1.07 bits per heavy atom. The first-order valence-electron chi connectivity index (χ1n) is 8.48. The summed E-state index contributed by atoms with van der Waals surface area (Å²) in [6.07, 6.45) is 3.49. The molecule has 0 bridgehead atoms. The number of hydrogen-bond donors (Lipinski definition) is 2. The van der Waals surface area contributed by atoms with Crippen molar-refractivity contribution in [2.45, 2.75) is 6.54 Å². The molecule has 3 N–H and O–H groups in total. The average Bonchev–Trinajstić information content (AvgIpc) is 3.28. The third-order valence-corrected chi connectivity index (χ3v) is 5.11. The van der Waals surface area contributed by atoms with Gasteiger partial charge in [0.15, 0.2) is 5.65 Å². The first-order chi connectivity index (χ1) is 13.2. The molecule has 0 fully saturated rings. The summed E-state index contributed by atoms with van der Waals surface area (Å²) in [6.45, 7) is 0.719. The monoisotopic (exact) mass is 374 g/mol. The van der Waals surface area contributed by atoms with E-state index < -0.39 is 0 Å². The average molecular weight is 375 g/mol. The summed E-state index contributed by atoms with van der Waals surface area (Å²) in [5.41, 5.74) is 10.6. The van der Waals surface area contributed by atoms with Gasteiger partial charge in [-0.2, -0.15) is 5.10 Å². The highest BCUT2D eigenvalue weighted by molar-refractivity contribution is 6.31. The summed E-state index contributed by atoms with van der Waals surface area (Å²) in [6, 6.07) is 16.2. The lowest BCUT2D eigenvalue weighted by atomic mass is 10.1. The Labute approximate surface area is 159 Å². The zero-order valence-corrected chi connectivity index (χ0v) is 15.0. The quantitative estimate of drug-likeness (QED) is 0.494. The molecule has 7 heteroatoms. The standard InChI is InChI=1S/C20H15ClN6/c21-15-4-2-1-3-14(15)10-27-8-7-12-9-13(5-6-16(12)27)18-17-19(22)23-11-24-20(17)26-25-18/h1-9,11H,10H2,(H3,22,23,24,25,26). The van der Waals surface area contributed by atoms with Crippen molar-refractivity contribution in [1.29, 1.82) is 0 Å². The normalized spacial score (nSPS) is 11.4. The fourth-order valence-corrected chi connectivity index (χ4v) is 3.59. The largest absolute Gasteiger partial charge is 0.383 e. The van der Waals surface area contributed by atoms with Crippen molar-refractivity contribution in [2.75, 3.05) is 5.73 Å². The number of nitrogens with two attached hydrogens (primary N) is 1. The number of benzene rings is 2. The minimum Gasteiger partial charge on any atom is -0.383 e. The summed E-state index contributed by atoms with van der Waals surface area (Å²) >= 11 is 6.31. The van der Waals surface area contributed by atoms with Gasteiger partial charge in [-0.05, 0) is 29.8 Å². The lowest BCUT2D eigenvalue weighted by molar-refractivity contribution is 0.837. The van der Waals surface area contributed by atoms with Crippen LogP contribution in [0.1, 0.15) is 5.56 Å². The third kappa shape index (κ3) is 2.62. The molecule has 0 saturated carbocycles. The second-order valence-corrected chi connectivity index (χ2v) is 6.77. The maximum absolute atomic E-state index is 6.31. The van der Waals surface area contributed by atoms with Crippen LogP contribution in [0.4, 0.5) is 5.82 Å². The van der Waals surface area contributed by atoms with Gasteiger partial charge in [0, 0.05) is 34.2 Å². The molecule has 0 aliphatic rings. The second-order valence-electron chi connectivity index (χ2n) is 6.36. The number of aromatic nitrogens is 5. The van der Waals surface area contributed by atoms with Crippen LogP contribution in [0.15, 0.2) is 61.1 Å². The molecule has 0 unspecified atom stereocenters. The van der Waals surface area contributed by atoms with Gasteiger partial charge in [-0.3, -0.25) is 5.10 Å². The minimum atomic E-state index is 0.417. The molecule has 5 rings (SSSR count). The highest BCUT2D eigenvalue weighted by atomic mass is 35.5. The van der Waals surface area contributed by atoms with Crippen LogP contribution in [0.25, 0.3) is 33.2 Å². The van der Waals surface area contributed by atoms with Crippen LogP contribution in [-0.4, -0.2) is 24.7 Å². The summed E-state index contributed by atoms with van der Waals surface area (Å²) in [5.74, 6) is 0.417. The van der Waals surface area contributed by atoms with Crippen LogP contribution in [0, 0.1) is 0 Å². The molecule has 27 heavy (non-hydrogen) atoms. The minimum absolute atomic E-state index is 0.417. The molecule has 6 nitrogen and oxygen atoms in total. The number of nitrogen functional groups attached to an aromatic ring is 1. The molecule has 132 valence electrons. The number of aromatic amines is 1. The van der Waals surface area contributed by atoms with Crippen molar-refractivity contribution >= 4 is 39.4 Å². The highest BCUT2D eigenvalue weighted by Gasteiger charge is 2.13. The molecule has 0 saturated heterocycles. The van der Waals surface area contributed by atoms with Gasteiger partial charge < -0.3 is 10.3 Å². The Kier molecular flexibility index (Phi) is 3.58. The van der Waals surface area contributed by atoms with Gasteiger partial charge in [0.25, 0.3) is 0 Å². The predicted molar refractivity (Wildman–Crippen MR) is 108 cm³/mol. The Morgan fingerprint density at radius 3 is 2.85 bits per heavy atom. The number of anilines is 1. The summed E-state index contributed by atoms with van der Waals surface area (Å²) in [5, 5.41) is 9.90. The second kappa shape index (κ2) is 6.10. The Balaban J connectivity index is 1.58. The van der Waals surface area contributed by atoms with Crippen molar-refractivity contribution in [1.82, 2.24) is 24.7 Å². The van der Waals surface area contributed by atoms with Crippen LogP contribution in [0.2, 0.25) is 5.02 Å². The molecule has 0 atom stereocenters. The lowest BCUT2D eigenvalue weighted by Crippen LogP contribution is -1.98. The molecule has 3 aromatic heterocycles. The van der Waals surface area contributed by atoms with Crippen LogP contribution >= 0.6 is 11.6 Å². The number of H-pyrrole nitrogens is 1. The molecule has 0 amide bonds. The summed E-state index contributed by atoms with van der Waals surface area (Å²) in [4.78, 5) is 8.24. The maximum Gasteiger partial charge on any atom is 0.186 e. The van der Waals surface area contributed by atoms with E-state index >= 15 is 0 Å². The third-order valence-electron chi connectivity index (χ3n) is 4.74. The van der Waals surface area contributed by atoms with Crippen molar-refractivity contribution in [3.63, 3.8) is 0 Å². The molecule has 0 aliphatic heterocycles. The SMILES string of the molecule is Nc1ncnc2n[nH]c(-c3ccc4c(ccn4Cc4ccccc4Cl)c3)c12. The number of nitrogens with zero attached hydrogens (tertiary/aromatic N) is 4. The molecule has 3 heterocycles. The smallest absolute Gasteiger partial charge is 0.186 e. The van der Waals surface area contributed by atoms with E-state index in [1.807, 2.05) is 30.3 Å². The zero-order valence-electron chi connectivity index (χ0n) is 14.2. The van der Waals surface area contributed by atoms with E-state index in [0.29, 0.717) is 11.5 Å². The summed E-state index contributed by atoms with van der Waals surface area (Å²) in [7, 11) is 0. The fourth-order valence-electron chi connectivity index (χ4n) is 3.39. The van der Waals surface area contributed by atoms with Gasteiger partial charge in [0.1, 0.15) is 12.1 Å². The van der Waals surface area contributed by atoms with Crippen LogP contribution in [0.3, 0.4) is 0 Å². The Morgan fingerprint density at radius 2 is 1.96 bits per heavy atom. The van der Waals surface area contributed by atoms with Gasteiger partial charge in [-0.25, -0.2) is 9.97 Å². The topological polar surface area (TPSA) is 85.4 Å². The van der Waals surface area contributed by atoms with Crippen LogP contribution in [0.5, 0.6) is 0 Å². The van der Waals surface area contributed by atoms with Crippen molar-refractivity contribution in [3.05, 3.63) is 71.6 Å². The van der Waals surface area contributed by atoms with Crippen LogP contribution in [-0.2, 0) is 6.54 Å². The number of halogens is 1. The van der Waals surface area contributed by atoms with Crippen molar-refractivity contribution < 1.29 is 0 Å². The van der Waals surface area contributed by atoms with Crippen molar-refractivity contribution in [3.8, 4) is 11.3 Å². The van der Waals surface area contributed by atoms with Crippen molar-refractivity contribution in [2.24, 2.45) is 0 Å². The van der Waals surface area contributed by atoms with E-state index in [9.17, 15) is 0 Å². The van der Waals surface area contributed by atoms with Gasteiger partial charge in [-0.15, -0.1) is 0 Å². The highest BCUT2D eigenvalue weighted by Crippen LogP contribution is 2.31. The Hall–Kier alpha value is -3.38. The number of hydrogen-bond acceptors (Lipinski definition) is 4. The molecule has 0 radical (unpaired) electrons. The van der Waals surface area contributed by atoms with Gasteiger partial charge in [-0.1, -0.05) is 35.9 Å². The summed E-state index contributed by atoms with van der Waals surface area (Å²) < 4.78 is 2.18. The molecular weight excluding hydrogens is 360 g/mol. The van der Waals surface area contributed by atoms with E-state index in [-0.39, 0.29) is 0 Å². The molecule has 5 aromatic rings. The first-order valence-corrected chi connectivity index (χ1v) is 8.86. The molecule has 0 aliphatic carbocycles. The first kappa shape index (κ1) is 15.8. The molecular formula is C20H15ClN6. The Bertz CT molecular complexity index is 1290. The number of rotatable bonds is 3. The van der Waals surface area contributed by atoms with Gasteiger partial charge in [0.2, 0.25) is 0 Å². The predicted octanol–water partition coefficient (Wildman–Crippen LogP) is 4.26. The van der Waals surface area contributed by atoms with E-state index in [0.717, 1.165) is 44.7 Å². The number of nitrogens with one attached hydrogen (secondary N) is 1. The van der Waals surface area contributed by atoms with Crippen LogP contribution < -0.4 is 5.73 Å².